The highest BCUT2D eigenvalue weighted by atomic mass is 35.5. The van der Waals surface area contributed by atoms with Crippen LogP contribution >= 0.6 is 11.6 Å². The highest BCUT2D eigenvalue weighted by Crippen LogP contribution is 2.25. The van der Waals surface area contributed by atoms with Crippen LogP contribution in [0.3, 0.4) is 0 Å². The van der Waals surface area contributed by atoms with Crippen LogP contribution in [-0.4, -0.2) is 61.5 Å². The van der Waals surface area contributed by atoms with E-state index in [4.69, 9.17) is 21.1 Å². The van der Waals surface area contributed by atoms with E-state index in [1.807, 2.05) is 12.1 Å². The maximum atomic E-state index is 12.5. The van der Waals surface area contributed by atoms with Gasteiger partial charge in [0.15, 0.2) is 18.1 Å². The molecule has 1 aliphatic rings. The summed E-state index contributed by atoms with van der Waals surface area (Å²) >= 11 is 5.95. The molecule has 27 heavy (non-hydrogen) atoms. The maximum absolute atomic E-state index is 12.5. The number of carbonyl (C=O) groups is 2. The molecule has 0 atom stereocenters. The third kappa shape index (κ3) is 4.71. The van der Waals surface area contributed by atoms with Crippen LogP contribution in [0.25, 0.3) is 0 Å². The van der Waals surface area contributed by atoms with Crippen LogP contribution in [0, 0.1) is 0 Å². The molecule has 0 radical (unpaired) electrons. The lowest BCUT2D eigenvalue weighted by molar-refractivity contribution is -0.134. The van der Waals surface area contributed by atoms with Crippen molar-refractivity contribution in [3.8, 4) is 11.5 Å². The van der Waals surface area contributed by atoms with Crippen molar-refractivity contribution in [2.24, 2.45) is 0 Å². The molecule has 1 saturated heterocycles. The molecular weight excluding hydrogens is 368 g/mol. The van der Waals surface area contributed by atoms with Crippen LogP contribution < -0.4 is 9.47 Å². The number of para-hydroxylation sites is 2. The first-order valence-electron chi connectivity index (χ1n) is 8.67. The Morgan fingerprint density at radius 2 is 1.63 bits per heavy atom. The summed E-state index contributed by atoms with van der Waals surface area (Å²) in [4.78, 5) is 28.4. The Morgan fingerprint density at radius 3 is 2.30 bits per heavy atom. The first-order chi connectivity index (χ1) is 13.1. The fourth-order valence-corrected chi connectivity index (χ4v) is 3.12. The number of benzene rings is 2. The Kier molecular flexibility index (Phi) is 6.19. The second-order valence-corrected chi connectivity index (χ2v) is 6.56. The van der Waals surface area contributed by atoms with Gasteiger partial charge in [0.1, 0.15) is 0 Å². The molecule has 2 aromatic carbocycles. The molecule has 0 aliphatic carbocycles. The van der Waals surface area contributed by atoms with Gasteiger partial charge < -0.3 is 19.3 Å². The molecule has 6 nitrogen and oxygen atoms in total. The number of piperazine rings is 1. The number of carbonyl (C=O) groups excluding carboxylic acids is 2. The van der Waals surface area contributed by atoms with Gasteiger partial charge in [-0.05, 0) is 30.3 Å². The zero-order chi connectivity index (χ0) is 19.2. The van der Waals surface area contributed by atoms with Gasteiger partial charge in [-0.25, -0.2) is 0 Å². The monoisotopic (exact) mass is 388 g/mol. The Hall–Kier alpha value is -2.73. The third-order valence-corrected chi connectivity index (χ3v) is 4.65. The Morgan fingerprint density at radius 1 is 0.963 bits per heavy atom. The molecule has 3 rings (SSSR count). The molecule has 0 saturated carbocycles. The molecular formula is C20H21ClN2O4. The summed E-state index contributed by atoms with van der Waals surface area (Å²) in [6, 6.07) is 14.1. The second kappa shape index (κ2) is 8.77. The van der Waals surface area contributed by atoms with Crippen molar-refractivity contribution < 1.29 is 19.1 Å². The van der Waals surface area contributed by atoms with Crippen LogP contribution in [0.5, 0.6) is 11.5 Å². The molecule has 0 spiro atoms. The van der Waals surface area contributed by atoms with E-state index in [9.17, 15) is 9.59 Å². The fraction of sp³-hybridized carbons (Fsp3) is 0.300. The number of methoxy groups -OCH3 is 1. The molecule has 1 heterocycles. The van der Waals surface area contributed by atoms with Gasteiger partial charge in [-0.1, -0.05) is 29.8 Å². The van der Waals surface area contributed by atoms with Gasteiger partial charge in [0.2, 0.25) is 0 Å². The summed E-state index contributed by atoms with van der Waals surface area (Å²) in [5, 5.41) is 0.531. The zero-order valence-electron chi connectivity index (χ0n) is 15.1. The largest absolute Gasteiger partial charge is 0.493 e. The normalized spacial score (nSPS) is 14.0. The summed E-state index contributed by atoms with van der Waals surface area (Å²) in [6.07, 6.45) is 0. The van der Waals surface area contributed by atoms with E-state index in [0.29, 0.717) is 48.3 Å². The average Bonchev–Trinajstić information content (AvgIpc) is 2.71. The lowest BCUT2D eigenvalue weighted by Crippen LogP contribution is -2.51. The molecule has 0 bridgehead atoms. The molecule has 1 aliphatic heterocycles. The summed E-state index contributed by atoms with van der Waals surface area (Å²) in [5.74, 6) is 0.927. The van der Waals surface area contributed by atoms with Crippen molar-refractivity contribution in [1.29, 1.82) is 0 Å². The van der Waals surface area contributed by atoms with Crippen LogP contribution in [0.1, 0.15) is 10.4 Å². The van der Waals surface area contributed by atoms with Gasteiger partial charge in [-0.2, -0.15) is 0 Å². The highest BCUT2D eigenvalue weighted by Gasteiger charge is 2.25. The van der Waals surface area contributed by atoms with E-state index in [-0.39, 0.29) is 18.4 Å². The number of rotatable bonds is 5. The molecule has 0 aromatic heterocycles. The Labute approximate surface area is 163 Å². The summed E-state index contributed by atoms with van der Waals surface area (Å²) in [5.41, 5.74) is 0.557. The number of amides is 2. The second-order valence-electron chi connectivity index (χ2n) is 6.12. The van der Waals surface area contributed by atoms with Gasteiger partial charge in [0.05, 0.1) is 7.11 Å². The molecule has 2 amide bonds. The fourth-order valence-electron chi connectivity index (χ4n) is 2.93. The molecule has 7 heteroatoms. The van der Waals surface area contributed by atoms with E-state index < -0.39 is 0 Å². The SMILES string of the molecule is COc1ccccc1OCC(=O)N1CCN(C(=O)c2cccc(Cl)c2)CC1. The van der Waals surface area contributed by atoms with Crippen molar-refractivity contribution in [3.63, 3.8) is 0 Å². The van der Waals surface area contributed by atoms with E-state index in [1.165, 1.54) is 0 Å². The molecule has 1 fully saturated rings. The topological polar surface area (TPSA) is 59.1 Å². The zero-order valence-corrected chi connectivity index (χ0v) is 15.8. The predicted octanol–water partition coefficient (Wildman–Crippen LogP) is 2.71. The lowest BCUT2D eigenvalue weighted by atomic mass is 10.2. The number of nitrogens with zero attached hydrogens (tertiary/aromatic N) is 2. The summed E-state index contributed by atoms with van der Waals surface area (Å²) < 4.78 is 10.8. The smallest absolute Gasteiger partial charge is 0.260 e. The molecule has 0 N–H and O–H groups in total. The van der Waals surface area contributed by atoms with Gasteiger partial charge >= 0.3 is 0 Å². The van der Waals surface area contributed by atoms with Crippen molar-refractivity contribution in [2.75, 3.05) is 39.9 Å². The molecule has 2 aromatic rings. The van der Waals surface area contributed by atoms with Crippen molar-refractivity contribution in [1.82, 2.24) is 9.80 Å². The Balaban J connectivity index is 1.51. The van der Waals surface area contributed by atoms with E-state index in [2.05, 4.69) is 0 Å². The number of hydrogen-bond donors (Lipinski definition) is 0. The lowest BCUT2D eigenvalue weighted by Gasteiger charge is -2.34. The van der Waals surface area contributed by atoms with Gasteiger partial charge in [0, 0.05) is 36.8 Å². The van der Waals surface area contributed by atoms with Crippen LogP contribution in [-0.2, 0) is 4.79 Å². The number of hydrogen-bond acceptors (Lipinski definition) is 4. The maximum Gasteiger partial charge on any atom is 0.260 e. The van der Waals surface area contributed by atoms with E-state index in [0.717, 1.165) is 0 Å². The first-order valence-corrected chi connectivity index (χ1v) is 9.04. The van der Waals surface area contributed by atoms with Crippen molar-refractivity contribution in [2.45, 2.75) is 0 Å². The van der Waals surface area contributed by atoms with E-state index in [1.54, 1.807) is 53.3 Å². The summed E-state index contributed by atoms with van der Waals surface area (Å²) in [7, 11) is 1.56. The highest BCUT2D eigenvalue weighted by molar-refractivity contribution is 6.30. The Bertz CT molecular complexity index is 819. The minimum absolute atomic E-state index is 0.0669. The van der Waals surface area contributed by atoms with Gasteiger partial charge in [-0.3, -0.25) is 9.59 Å². The predicted molar refractivity (Wildman–Crippen MR) is 102 cm³/mol. The molecule has 142 valence electrons. The standard InChI is InChI=1S/C20H21ClN2O4/c1-26-17-7-2-3-8-18(17)27-14-19(24)22-9-11-23(12-10-22)20(25)15-5-4-6-16(21)13-15/h2-8,13H,9-12,14H2,1H3. The average molecular weight is 389 g/mol. The minimum atomic E-state index is -0.115. The van der Waals surface area contributed by atoms with Crippen LogP contribution in [0.2, 0.25) is 5.02 Å². The quantitative estimate of drug-likeness (QED) is 0.790. The number of ether oxygens (including phenoxy) is 2. The molecule has 0 unspecified atom stereocenters. The third-order valence-electron chi connectivity index (χ3n) is 4.41. The van der Waals surface area contributed by atoms with Crippen LogP contribution in [0.4, 0.5) is 0 Å². The number of halogens is 1. The van der Waals surface area contributed by atoms with Gasteiger partial charge in [0.25, 0.3) is 11.8 Å². The first kappa shape index (κ1) is 19.0. The van der Waals surface area contributed by atoms with E-state index >= 15 is 0 Å². The minimum Gasteiger partial charge on any atom is -0.493 e. The van der Waals surface area contributed by atoms with Crippen molar-refractivity contribution >= 4 is 23.4 Å². The summed E-state index contributed by atoms with van der Waals surface area (Å²) in [6.45, 7) is 1.83. The van der Waals surface area contributed by atoms with Crippen molar-refractivity contribution in [3.05, 3.63) is 59.1 Å². The van der Waals surface area contributed by atoms with Crippen LogP contribution in [0.15, 0.2) is 48.5 Å². The van der Waals surface area contributed by atoms with Gasteiger partial charge in [-0.15, -0.1) is 0 Å².